The van der Waals surface area contributed by atoms with Gasteiger partial charge in [-0.1, -0.05) is 6.92 Å². The number of aryl methyl sites for hydroxylation is 1. The van der Waals surface area contributed by atoms with E-state index in [0.717, 1.165) is 48.7 Å². The molecule has 0 radical (unpaired) electrons. The van der Waals surface area contributed by atoms with Gasteiger partial charge in [0, 0.05) is 6.42 Å². The van der Waals surface area contributed by atoms with Crippen molar-refractivity contribution < 1.29 is 4.42 Å². The van der Waals surface area contributed by atoms with E-state index in [2.05, 4.69) is 33.9 Å². The average molecular weight is 329 g/mol. The van der Waals surface area contributed by atoms with Gasteiger partial charge in [0.25, 0.3) is 5.56 Å². The summed E-state index contributed by atoms with van der Waals surface area (Å²) in [6.45, 7) is 3.74. The van der Waals surface area contributed by atoms with Gasteiger partial charge in [0.2, 0.25) is 0 Å². The molecule has 3 aromatic heterocycles. The molecule has 4 heterocycles. The van der Waals surface area contributed by atoms with Crippen LogP contribution in [0.15, 0.2) is 32.8 Å². The van der Waals surface area contributed by atoms with Crippen LogP contribution in [0.1, 0.15) is 43.2 Å². The number of rotatable bonds is 4. The first-order valence-electron chi connectivity index (χ1n) is 8.03. The van der Waals surface area contributed by atoms with Crippen molar-refractivity contribution in [3.8, 4) is 0 Å². The van der Waals surface area contributed by atoms with Crippen LogP contribution in [-0.2, 0) is 13.0 Å². The molecule has 23 heavy (non-hydrogen) atoms. The quantitative estimate of drug-likeness (QED) is 0.796. The lowest BCUT2D eigenvalue weighted by Gasteiger charge is -2.22. The smallest absolute Gasteiger partial charge is 0.268 e. The summed E-state index contributed by atoms with van der Waals surface area (Å²) in [4.78, 5) is 22.0. The zero-order chi connectivity index (χ0) is 15.8. The van der Waals surface area contributed by atoms with Gasteiger partial charge >= 0.3 is 0 Å². The Labute approximate surface area is 138 Å². The van der Waals surface area contributed by atoms with E-state index in [9.17, 15) is 4.79 Å². The van der Waals surface area contributed by atoms with E-state index >= 15 is 0 Å². The summed E-state index contributed by atoms with van der Waals surface area (Å²) in [6, 6.07) is 6.32. The molecule has 6 heteroatoms. The summed E-state index contributed by atoms with van der Waals surface area (Å²) in [5, 5.41) is 1.91. The van der Waals surface area contributed by atoms with Crippen LogP contribution >= 0.6 is 11.3 Å². The van der Waals surface area contributed by atoms with Gasteiger partial charge in [-0.2, -0.15) is 0 Å². The minimum absolute atomic E-state index is 0.0398. The Balaban J connectivity index is 1.59. The summed E-state index contributed by atoms with van der Waals surface area (Å²) >= 11 is 1.43. The highest BCUT2D eigenvalue weighted by atomic mass is 32.1. The van der Waals surface area contributed by atoms with Crippen molar-refractivity contribution in [3.63, 3.8) is 0 Å². The van der Waals surface area contributed by atoms with Crippen molar-refractivity contribution in [1.82, 2.24) is 14.9 Å². The van der Waals surface area contributed by atoms with Gasteiger partial charge in [-0.15, -0.1) is 11.3 Å². The lowest BCUT2D eigenvalue weighted by atomic mass is 10.1. The molecule has 0 saturated carbocycles. The number of thiophene rings is 1. The number of fused-ring (bicyclic) bond motifs is 1. The van der Waals surface area contributed by atoms with Crippen LogP contribution in [0.4, 0.5) is 0 Å². The van der Waals surface area contributed by atoms with Gasteiger partial charge in [0.05, 0.1) is 18.1 Å². The molecule has 1 atom stereocenters. The third-order valence-electron chi connectivity index (χ3n) is 4.44. The zero-order valence-corrected chi connectivity index (χ0v) is 13.9. The van der Waals surface area contributed by atoms with Crippen molar-refractivity contribution in [2.45, 2.75) is 38.8 Å². The largest absolute Gasteiger partial charge is 0.464 e. The number of likely N-dealkylation sites (tertiary alicyclic amines) is 1. The number of nitrogens with zero attached hydrogens (tertiary/aromatic N) is 2. The van der Waals surface area contributed by atoms with Gasteiger partial charge in [0.15, 0.2) is 0 Å². The van der Waals surface area contributed by atoms with Crippen molar-refractivity contribution in [2.75, 3.05) is 6.54 Å². The Bertz CT molecular complexity index is 879. The lowest BCUT2D eigenvalue weighted by molar-refractivity contribution is 0.213. The third kappa shape index (κ3) is 2.72. The third-order valence-corrected chi connectivity index (χ3v) is 5.34. The zero-order valence-electron chi connectivity index (χ0n) is 13.0. The number of hydrogen-bond acceptors (Lipinski definition) is 5. The molecule has 4 rings (SSSR count). The highest BCUT2D eigenvalue weighted by Crippen LogP contribution is 2.33. The van der Waals surface area contributed by atoms with E-state index in [1.807, 2.05) is 11.4 Å². The van der Waals surface area contributed by atoms with E-state index in [1.165, 1.54) is 11.3 Å². The molecule has 1 aliphatic rings. The van der Waals surface area contributed by atoms with Crippen LogP contribution in [0.25, 0.3) is 10.2 Å². The maximum atomic E-state index is 12.1. The van der Waals surface area contributed by atoms with Crippen LogP contribution in [-0.4, -0.2) is 21.4 Å². The van der Waals surface area contributed by atoms with Crippen LogP contribution in [0.3, 0.4) is 0 Å². The normalized spacial score (nSPS) is 18.9. The first kappa shape index (κ1) is 14.7. The fourth-order valence-electron chi connectivity index (χ4n) is 3.29. The monoisotopic (exact) mass is 329 g/mol. The van der Waals surface area contributed by atoms with Crippen LogP contribution in [0.5, 0.6) is 0 Å². The molecule has 0 amide bonds. The number of H-pyrrole nitrogens is 1. The summed E-state index contributed by atoms with van der Waals surface area (Å²) in [7, 11) is 0. The Hall–Kier alpha value is -1.92. The molecule has 1 fully saturated rings. The fraction of sp³-hybridized carbons (Fsp3) is 0.412. The summed E-state index contributed by atoms with van der Waals surface area (Å²) in [5.74, 6) is 2.78. The molecule has 0 spiro atoms. The molecule has 120 valence electrons. The van der Waals surface area contributed by atoms with E-state index in [4.69, 9.17) is 4.42 Å². The van der Waals surface area contributed by atoms with Crippen LogP contribution in [0.2, 0.25) is 0 Å². The molecule has 3 aromatic rings. The summed E-state index contributed by atoms with van der Waals surface area (Å²) in [6.07, 6.45) is 3.13. The highest BCUT2D eigenvalue weighted by Gasteiger charge is 2.29. The molecule has 1 N–H and O–H groups in total. The molecule has 5 nitrogen and oxygen atoms in total. The first-order valence-corrected chi connectivity index (χ1v) is 8.91. The predicted molar refractivity (Wildman–Crippen MR) is 90.7 cm³/mol. The average Bonchev–Trinajstić information content (AvgIpc) is 3.26. The van der Waals surface area contributed by atoms with Gasteiger partial charge in [0.1, 0.15) is 22.0 Å². The second-order valence-corrected chi connectivity index (χ2v) is 6.85. The van der Waals surface area contributed by atoms with Crippen LogP contribution in [0, 0.1) is 0 Å². The van der Waals surface area contributed by atoms with Gasteiger partial charge in [-0.3, -0.25) is 9.69 Å². The van der Waals surface area contributed by atoms with Crippen molar-refractivity contribution >= 4 is 21.6 Å². The molecular weight excluding hydrogens is 310 g/mol. The molecule has 0 aromatic carbocycles. The SMILES string of the molecule is CCc1ccc([C@H]2CCCN2Cc2nc3ccsc3c(=O)[nH]2)o1. The first-order chi connectivity index (χ1) is 11.2. The Morgan fingerprint density at radius 2 is 2.35 bits per heavy atom. The van der Waals surface area contributed by atoms with Crippen molar-refractivity contribution in [1.29, 1.82) is 0 Å². The minimum atomic E-state index is -0.0398. The maximum Gasteiger partial charge on any atom is 0.268 e. The molecular formula is C17H19N3O2S. The van der Waals surface area contributed by atoms with E-state index in [-0.39, 0.29) is 11.6 Å². The Morgan fingerprint density at radius 1 is 1.43 bits per heavy atom. The highest BCUT2D eigenvalue weighted by molar-refractivity contribution is 7.17. The van der Waals surface area contributed by atoms with Crippen LogP contribution < -0.4 is 5.56 Å². The van der Waals surface area contributed by atoms with E-state index < -0.39 is 0 Å². The number of nitrogens with one attached hydrogen (secondary N) is 1. The maximum absolute atomic E-state index is 12.1. The number of aromatic nitrogens is 2. The van der Waals surface area contributed by atoms with Crippen molar-refractivity contribution in [3.05, 3.63) is 51.3 Å². The van der Waals surface area contributed by atoms with E-state index in [0.29, 0.717) is 11.2 Å². The fourth-order valence-corrected chi connectivity index (χ4v) is 4.02. The number of aromatic amines is 1. The van der Waals surface area contributed by atoms with Gasteiger partial charge in [-0.05, 0) is 43.0 Å². The summed E-state index contributed by atoms with van der Waals surface area (Å²) in [5.41, 5.74) is 0.748. The molecule has 1 aliphatic heterocycles. The number of hydrogen-bond donors (Lipinski definition) is 1. The Kier molecular flexibility index (Phi) is 3.79. The number of furan rings is 1. The second-order valence-electron chi connectivity index (χ2n) is 5.93. The lowest BCUT2D eigenvalue weighted by Crippen LogP contribution is -2.25. The summed E-state index contributed by atoms with van der Waals surface area (Å²) < 4.78 is 6.63. The predicted octanol–water partition coefficient (Wildman–Crippen LogP) is 3.48. The second kappa shape index (κ2) is 5.94. The standard InChI is InChI=1S/C17H19N3O2S/c1-2-11-5-6-14(22-11)13-4-3-8-20(13)10-15-18-12-7-9-23-16(12)17(21)19-15/h5-7,9,13H,2-4,8,10H2,1H3,(H,18,19,21)/t13-/m1/s1. The minimum Gasteiger partial charge on any atom is -0.464 e. The molecule has 0 bridgehead atoms. The van der Waals surface area contributed by atoms with E-state index in [1.54, 1.807) is 0 Å². The Morgan fingerprint density at radius 3 is 3.17 bits per heavy atom. The molecule has 1 saturated heterocycles. The molecule has 0 aliphatic carbocycles. The van der Waals surface area contributed by atoms with Gasteiger partial charge < -0.3 is 9.40 Å². The topological polar surface area (TPSA) is 62.1 Å². The molecule has 0 unspecified atom stereocenters. The van der Waals surface area contributed by atoms with Gasteiger partial charge in [-0.25, -0.2) is 4.98 Å². The van der Waals surface area contributed by atoms with Crippen molar-refractivity contribution in [2.24, 2.45) is 0 Å².